The van der Waals surface area contributed by atoms with E-state index in [2.05, 4.69) is 6.58 Å². The summed E-state index contributed by atoms with van der Waals surface area (Å²) in [5.41, 5.74) is 6.84. The molecular weight excluding hydrogens is 426 g/mol. The van der Waals surface area contributed by atoms with Gasteiger partial charge in [-0.1, -0.05) is 36.4 Å². The molecule has 0 radical (unpaired) electrons. The van der Waals surface area contributed by atoms with Crippen molar-refractivity contribution in [2.24, 2.45) is 5.73 Å². The SMILES string of the molecule is C=CC1CN(c2cccc(C(=N)N)c2)C(=O)N1C1CCN(S(=O)(=O)c2ccccc2)CC1. The maximum Gasteiger partial charge on any atom is 0.325 e. The van der Waals surface area contributed by atoms with Crippen molar-refractivity contribution in [2.75, 3.05) is 24.5 Å². The largest absolute Gasteiger partial charge is 0.384 e. The third kappa shape index (κ3) is 4.01. The first-order chi connectivity index (χ1) is 15.3. The molecule has 3 N–H and O–H groups in total. The summed E-state index contributed by atoms with van der Waals surface area (Å²) >= 11 is 0. The lowest BCUT2D eigenvalue weighted by Gasteiger charge is -2.37. The molecule has 8 nitrogen and oxygen atoms in total. The Bertz CT molecular complexity index is 1130. The third-order valence-corrected chi connectivity index (χ3v) is 8.03. The lowest BCUT2D eigenvalue weighted by molar-refractivity contribution is 0.154. The van der Waals surface area contributed by atoms with Gasteiger partial charge in [0.25, 0.3) is 0 Å². The fourth-order valence-corrected chi connectivity index (χ4v) is 5.90. The third-order valence-electron chi connectivity index (χ3n) is 6.12. The zero-order chi connectivity index (χ0) is 22.9. The number of amidine groups is 1. The molecule has 1 unspecified atom stereocenters. The van der Waals surface area contributed by atoms with Gasteiger partial charge in [0.15, 0.2) is 0 Å². The second kappa shape index (κ2) is 8.76. The lowest BCUT2D eigenvalue weighted by atomic mass is 10.0. The van der Waals surface area contributed by atoms with Crippen LogP contribution in [0.4, 0.5) is 10.5 Å². The van der Waals surface area contributed by atoms with Crippen molar-refractivity contribution in [3.63, 3.8) is 0 Å². The molecule has 0 spiro atoms. The second-order valence-electron chi connectivity index (χ2n) is 8.02. The highest BCUT2D eigenvalue weighted by molar-refractivity contribution is 7.89. The van der Waals surface area contributed by atoms with Gasteiger partial charge < -0.3 is 10.6 Å². The summed E-state index contributed by atoms with van der Waals surface area (Å²) in [6, 6.07) is 15.1. The Balaban J connectivity index is 1.49. The minimum absolute atomic E-state index is 0.0531. The maximum absolute atomic E-state index is 13.3. The molecule has 168 valence electrons. The highest BCUT2D eigenvalue weighted by Crippen LogP contribution is 2.31. The number of rotatable bonds is 6. The first kappa shape index (κ1) is 22.0. The molecule has 9 heteroatoms. The maximum atomic E-state index is 13.3. The molecule has 2 aliphatic rings. The van der Waals surface area contributed by atoms with E-state index in [4.69, 9.17) is 11.1 Å². The van der Waals surface area contributed by atoms with Gasteiger partial charge in [0, 0.05) is 30.4 Å². The smallest absolute Gasteiger partial charge is 0.325 e. The molecule has 0 saturated carbocycles. The van der Waals surface area contributed by atoms with Crippen LogP contribution < -0.4 is 10.6 Å². The summed E-state index contributed by atoms with van der Waals surface area (Å²) in [7, 11) is -3.54. The number of carbonyl (C=O) groups excluding carboxylic acids is 1. The number of hydrogen-bond acceptors (Lipinski definition) is 4. The topological polar surface area (TPSA) is 111 Å². The van der Waals surface area contributed by atoms with Gasteiger partial charge in [-0.15, -0.1) is 6.58 Å². The van der Waals surface area contributed by atoms with E-state index < -0.39 is 10.0 Å². The summed E-state index contributed by atoms with van der Waals surface area (Å²) in [4.78, 5) is 17.1. The molecule has 2 aromatic carbocycles. The predicted molar refractivity (Wildman–Crippen MR) is 124 cm³/mol. The molecule has 0 aliphatic carbocycles. The molecule has 2 amide bonds. The first-order valence-corrected chi connectivity index (χ1v) is 12.0. The van der Waals surface area contributed by atoms with Gasteiger partial charge in [-0.25, -0.2) is 13.2 Å². The van der Waals surface area contributed by atoms with E-state index in [-0.39, 0.29) is 28.8 Å². The number of sulfonamides is 1. The van der Waals surface area contributed by atoms with Crippen LogP contribution in [0.15, 0.2) is 72.1 Å². The average Bonchev–Trinajstić information content (AvgIpc) is 3.16. The lowest BCUT2D eigenvalue weighted by Crippen LogP contribution is -2.49. The predicted octanol–water partition coefficient (Wildman–Crippen LogP) is 2.62. The molecular formula is C23H27N5O3S. The Morgan fingerprint density at radius 3 is 2.41 bits per heavy atom. The van der Waals surface area contributed by atoms with Crippen LogP contribution >= 0.6 is 0 Å². The molecule has 2 saturated heterocycles. The van der Waals surface area contributed by atoms with Crippen LogP contribution in [0, 0.1) is 5.41 Å². The monoisotopic (exact) mass is 453 g/mol. The van der Waals surface area contributed by atoms with Gasteiger partial charge >= 0.3 is 6.03 Å². The Kier molecular flexibility index (Phi) is 6.03. The number of nitrogen functional groups attached to an aromatic ring is 1. The molecule has 0 aromatic heterocycles. The number of hydrogen-bond donors (Lipinski definition) is 2. The Labute approximate surface area is 188 Å². The molecule has 0 bridgehead atoms. The van der Waals surface area contributed by atoms with Crippen LogP contribution in [0.5, 0.6) is 0 Å². The number of nitrogens with zero attached hydrogens (tertiary/aromatic N) is 3. The first-order valence-electron chi connectivity index (χ1n) is 10.5. The Morgan fingerprint density at radius 1 is 1.09 bits per heavy atom. The Hall–Kier alpha value is -3.17. The summed E-state index contributed by atoms with van der Waals surface area (Å²) < 4.78 is 27.3. The summed E-state index contributed by atoms with van der Waals surface area (Å²) in [6.45, 7) is 5.07. The van der Waals surface area contributed by atoms with E-state index in [0.29, 0.717) is 43.7 Å². The highest BCUT2D eigenvalue weighted by atomic mass is 32.2. The van der Waals surface area contributed by atoms with E-state index in [0.717, 1.165) is 0 Å². The molecule has 4 rings (SSSR count). The van der Waals surface area contributed by atoms with Gasteiger partial charge in [0.2, 0.25) is 10.0 Å². The van der Waals surface area contributed by atoms with Gasteiger partial charge in [-0.3, -0.25) is 10.3 Å². The van der Waals surface area contributed by atoms with Crippen molar-refractivity contribution in [1.29, 1.82) is 5.41 Å². The van der Waals surface area contributed by atoms with Crippen LogP contribution in [0.2, 0.25) is 0 Å². The minimum Gasteiger partial charge on any atom is -0.384 e. The van der Waals surface area contributed by atoms with Crippen LogP contribution in [-0.2, 0) is 10.0 Å². The molecule has 2 heterocycles. The van der Waals surface area contributed by atoms with Crippen molar-refractivity contribution in [1.82, 2.24) is 9.21 Å². The molecule has 1 atom stereocenters. The summed E-state index contributed by atoms with van der Waals surface area (Å²) in [6.07, 6.45) is 2.88. The summed E-state index contributed by atoms with van der Waals surface area (Å²) in [5, 5.41) is 7.65. The number of urea groups is 1. The zero-order valence-electron chi connectivity index (χ0n) is 17.7. The van der Waals surface area contributed by atoms with Crippen LogP contribution in [-0.4, -0.2) is 61.2 Å². The van der Waals surface area contributed by atoms with E-state index >= 15 is 0 Å². The minimum atomic E-state index is -3.54. The van der Waals surface area contributed by atoms with E-state index in [1.807, 2.05) is 11.0 Å². The van der Waals surface area contributed by atoms with Crippen molar-refractivity contribution in [3.8, 4) is 0 Å². The zero-order valence-corrected chi connectivity index (χ0v) is 18.5. The van der Waals surface area contributed by atoms with Gasteiger partial charge in [-0.2, -0.15) is 4.31 Å². The van der Waals surface area contributed by atoms with E-state index in [9.17, 15) is 13.2 Å². The van der Waals surface area contributed by atoms with Crippen LogP contribution in [0.1, 0.15) is 18.4 Å². The van der Waals surface area contributed by atoms with Gasteiger partial charge in [-0.05, 0) is 37.1 Å². The fraction of sp³-hybridized carbons (Fsp3) is 0.304. The normalized spacial score (nSPS) is 20.5. The van der Waals surface area contributed by atoms with E-state index in [1.54, 1.807) is 59.5 Å². The standard InChI is InChI=1S/C23H27N5O3S/c1-2-18-16-27(20-8-6-7-17(15-20)22(24)25)23(29)28(18)19-11-13-26(14-12-19)32(30,31)21-9-4-3-5-10-21/h2-10,15,18-19H,1,11-14,16H2,(H3,24,25). The van der Waals surface area contributed by atoms with Crippen molar-refractivity contribution >= 4 is 27.6 Å². The van der Waals surface area contributed by atoms with Gasteiger partial charge in [0.1, 0.15) is 5.84 Å². The second-order valence-corrected chi connectivity index (χ2v) is 9.95. The molecule has 32 heavy (non-hydrogen) atoms. The van der Waals surface area contributed by atoms with Crippen molar-refractivity contribution < 1.29 is 13.2 Å². The highest BCUT2D eigenvalue weighted by Gasteiger charge is 2.42. The van der Waals surface area contributed by atoms with Gasteiger partial charge in [0.05, 0.1) is 17.5 Å². The fourth-order valence-electron chi connectivity index (χ4n) is 4.41. The molecule has 2 aliphatic heterocycles. The number of nitrogens with one attached hydrogen (secondary N) is 1. The summed E-state index contributed by atoms with van der Waals surface area (Å²) in [5.74, 6) is -0.0531. The number of piperidine rings is 1. The quantitative estimate of drug-likeness (QED) is 0.398. The van der Waals surface area contributed by atoms with Crippen LogP contribution in [0.25, 0.3) is 0 Å². The number of benzene rings is 2. The Morgan fingerprint density at radius 2 is 1.78 bits per heavy atom. The number of anilines is 1. The molecule has 2 aromatic rings. The van der Waals surface area contributed by atoms with Crippen molar-refractivity contribution in [3.05, 3.63) is 72.8 Å². The van der Waals surface area contributed by atoms with Crippen LogP contribution in [0.3, 0.4) is 0 Å². The average molecular weight is 454 g/mol. The number of amides is 2. The van der Waals surface area contributed by atoms with Crippen molar-refractivity contribution in [2.45, 2.75) is 29.8 Å². The van der Waals surface area contributed by atoms with E-state index in [1.165, 1.54) is 4.31 Å². The molecule has 2 fully saturated rings. The number of carbonyl (C=O) groups is 1. The number of nitrogens with two attached hydrogens (primary N) is 1.